The number of anilines is 2. The Hall–Kier alpha value is -3.18. The summed E-state index contributed by atoms with van der Waals surface area (Å²) in [5.74, 6) is 1.000. The van der Waals surface area contributed by atoms with Gasteiger partial charge in [0.25, 0.3) is 0 Å². The molecular formula is C26H28ClN3O2. The fourth-order valence-electron chi connectivity index (χ4n) is 4.05. The highest BCUT2D eigenvalue weighted by Crippen LogP contribution is 2.28. The van der Waals surface area contributed by atoms with E-state index in [9.17, 15) is 4.79 Å². The normalized spacial score (nSPS) is 13.7. The molecule has 0 atom stereocenters. The Balaban J connectivity index is 1.42. The molecule has 0 unspecified atom stereocenters. The number of benzene rings is 3. The third-order valence-corrected chi connectivity index (χ3v) is 6.04. The molecule has 166 valence electrons. The summed E-state index contributed by atoms with van der Waals surface area (Å²) in [7, 11) is 1.69. The van der Waals surface area contributed by atoms with Gasteiger partial charge < -0.3 is 19.4 Å². The van der Waals surface area contributed by atoms with Crippen molar-refractivity contribution >= 4 is 28.9 Å². The molecule has 0 aromatic heterocycles. The van der Waals surface area contributed by atoms with Crippen LogP contribution in [0.5, 0.6) is 5.75 Å². The van der Waals surface area contributed by atoms with Crippen molar-refractivity contribution in [1.29, 1.82) is 0 Å². The van der Waals surface area contributed by atoms with Gasteiger partial charge in [0.1, 0.15) is 5.75 Å². The van der Waals surface area contributed by atoms with Gasteiger partial charge in [0.2, 0.25) is 5.91 Å². The van der Waals surface area contributed by atoms with Gasteiger partial charge in [0.05, 0.1) is 19.3 Å². The van der Waals surface area contributed by atoms with E-state index >= 15 is 0 Å². The molecule has 1 aliphatic rings. The number of carbonyl (C=O) groups excluding carboxylic acids is 1. The Bertz CT molecular complexity index is 1020. The van der Waals surface area contributed by atoms with Gasteiger partial charge >= 0.3 is 0 Å². The molecule has 0 saturated carbocycles. The van der Waals surface area contributed by atoms with E-state index in [0.717, 1.165) is 35.8 Å². The number of hydrogen-bond donors (Lipinski definition) is 0. The van der Waals surface area contributed by atoms with Gasteiger partial charge in [-0.05, 0) is 42.0 Å². The number of para-hydroxylation sites is 2. The average Bonchev–Trinajstić information content (AvgIpc) is 2.85. The lowest BCUT2D eigenvalue weighted by molar-refractivity contribution is -0.130. The van der Waals surface area contributed by atoms with Crippen LogP contribution in [0, 0.1) is 0 Å². The fraction of sp³-hybridized carbons (Fsp3) is 0.269. The summed E-state index contributed by atoms with van der Waals surface area (Å²) in [6.07, 6.45) is 0. The van der Waals surface area contributed by atoms with Crippen LogP contribution in [0.2, 0.25) is 5.02 Å². The molecule has 32 heavy (non-hydrogen) atoms. The maximum Gasteiger partial charge on any atom is 0.242 e. The van der Waals surface area contributed by atoms with E-state index in [0.29, 0.717) is 31.2 Å². The van der Waals surface area contributed by atoms with E-state index in [4.69, 9.17) is 16.3 Å². The van der Waals surface area contributed by atoms with Crippen molar-refractivity contribution in [3.05, 3.63) is 89.4 Å². The largest absolute Gasteiger partial charge is 0.495 e. The second-order valence-corrected chi connectivity index (χ2v) is 8.29. The Morgan fingerprint density at radius 3 is 2.25 bits per heavy atom. The number of piperazine rings is 1. The van der Waals surface area contributed by atoms with Crippen molar-refractivity contribution in [2.24, 2.45) is 0 Å². The maximum absolute atomic E-state index is 13.2. The van der Waals surface area contributed by atoms with E-state index < -0.39 is 0 Å². The lowest BCUT2D eigenvalue weighted by atomic mass is 10.2. The summed E-state index contributed by atoms with van der Waals surface area (Å²) in [5, 5.41) is 0.687. The average molecular weight is 450 g/mol. The standard InChI is InChI=1S/C26H28ClN3O2/c1-32-25-10-6-5-9-24(25)28-15-17-29(18-16-28)26(31)20-30(19-21-7-3-2-4-8-21)23-13-11-22(27)12-14-23/h2-14H,15-20H2,1H3. The smallest absolute Gasteiger partial charge is 0.242 e. The molecule has 0 bridgehead atoms. The van der Waals surface area contributed by atoms with Crippen molar-refractivity contribution in [3.8, 4) is 5.75 Å². The highest BCUT2D eigenvalue weighted by Gasteiger charge is 2.24. The lowest BCUT2D eigenvalue weighted by Gasteiger charge is -2.37. The van der Waals surface area contributed by atoms with E-state index in [-0.39, 0.29) is 5.91 Å². The molecule has 0 spiro atoms. The topological polar surface area (TPSA) is 36.0 Å². The molecule has 1 amide bonds. The minimum Gasteiger partial charge on any atom is -0.495 e. The highest BCUT2D eigenvalue weighted by atomic mass is 35.5. The number of hydrogen-bond acceptors (Lipinski definition) is 4. The number of carbonyl (C=O) groups is 1. The number of nitrogens with zero attached hydrogens (tertiary/aromatic N) is 3. The lowest BCUT2D eigenvalue weighted by Crippen LogP contribution is -2.51. The third-order valence-electron chi connectivity index (χ3n) is 5.79. The van der Waals surface area contributed by atoms with Crippen LogP contribution >= 0.6 is 11.6 Å². The van der Waals surface area contributed by atoms with Gasteiger partial charge in [-0.3, -0.25) is 4.79 Å². The predicted molar refractivity (Wildman–Crippen MR) is 131 cm³/mol. The number of methoxy groups -OCH3 is 1. The quantitative estimate of drug-likeness (QED) is 0.523. The minimum absolute atomic E-state index is 0.135. The molecule has 3 aromatic rings. The molecule has 3 aromatic carbocycles. The summed E-state index contributed by atoms with van der Waals surface area (Å²) < 4.78 is 5.50. The van der Waals surface area contributed by atoms with Crippen LogP contribution in [0.25, 0.3) is 0 Å². The van der Waals surface area contributed by atoms with Gasteiger partial charge in [-0.2, -0.15) is 0 Å². The Morgan fingerprint density at radius 2 is 1.56 bits per heavy atom. The molecule has 0 radical (unpaired) electrons. The zero-order valence-corrected chi connectivity index (χ0v) is 19.0. The van der Waals surface area contributed by atoms with Gasteiger partial charge in [-0.25, -0.2) is 0 Å². The van der Waals surface area contributed by atoms with Crippen molar-refractivity contribution in [2.45, 2.75) is 6.54 Å². The number of ether oxygens (including phenoxy) is 1. The van der Waals surface area contributed by atoms with Crippen LogP contribution in [0.4, 0.5) is 11.4 Å². The van der Waals surface area contributed by atoms with Gasteiger partial charge in [-0.15, -0.1) is 0 Å². The van der Waals surface area contributed by atoms with Crippen LogP contribution in [-0.4, -0.2) is 50.6 Å². The molecule has 6 heteroatoms. The van der Waals surface area contributed by atoms with Gasteiger partial charge in [0.15, 0.2) is 0 Å². The van der Waals surface area contributed by atoms with Crippen LogP contribution in [0.15, 0.2) is 78.9 Å². The zero-order valence-electron chi connectivity index (χ0n) is 18.3. The summed E-state index contributed by atoms with van der Waals surface area (Å²) >= 11 is 6.08. The van der Waals surface area contributed by atoms with Gasteiger partial charge in [0, 0.05) is 43.4 Å². The molecule has 1 fully saturated rings. The molecule has 1 heterocycles. The van der Waals surface area contributed by atoms with E-state index in [1.54, 1.807) is 7.11 Å². The van der Waals surface area contributed by atoms with Gasteiger partial charge in [-0.1, -0.05) is 54.1 Å². The van der Waals surface area contributed by atoms with Crippen LogP contribution < -0.4 is 14.5 Å². The number of halogens is 1. The Labute approximate surface area is 194 Å². The second kappa shape index (κ2) is 10.4. The first-order chi connectivity index (χ1) is 15.6. The first kappa shape index (κ1) is 22.0. The molecule has 0 aliphatic carbocycles. The number of amides is 1. The van der Waals surface area contributed by atoms with E-state index in [1.165, 1.54) is 0 Å². The second-order valence-electron chi connectivity index (χ2n) is 7.86. The molecule has 4 rings (SSSR count). The van der Waals surface area contributed by atoms with Crippen molar-refractivity contribution in [2.75, 3.05) is 49.6 Å². The van der Waals surface area contributed by atoms with E-state index in [2.05, 4.69) is 28.0 Å². The molecule has 1 aliphatic heterocycles. The fourth-order valence-corrected chi connectivity index (χ4v) is 4.17. The highest BCUT2D eigenvalue weighted by molar-refractivity contribution is 6.30. The van der Waals surface area contributed by atoms with Crippen molar-refractivity contribution in [1.82, 2.24) is 4.90 Å². The SMILES string of the molecule is COc1ccccc1N1CCN(C(=O)CN(Cc2ccccc2)c2ccc(Cl)cc2)CC1. The van der Waals surface area contributed by atoms with Crippen LogP contribution in [-0.2, 0) is 11.3 Å². The molecular weight excluding hydrogens is 422 g/mol. The molecule has 1 saturated heterocycles. The molecule has 0 N–H and O–H groups in total. The van der Waals surface area contributed by atoms with E-state index in [1.807, 2.05) is 65.6 Å². The summed E-state index contributed by atoms with van der Waals surface area (Å²) in [6, 6.07) is 25.9. The summed E-state index contributed by atoms with van der Waals surface area (Å²) in [5.41, 5.74) is 3.23. The maximum atomic E-state index is 13.2. The first-order valence-electron chi connectivity index (χ1n) is 10.8. The minimum atomic E-state index is 0.135. The van der Waals surface area contributed by atoms with Crippen molar-refractivity contribution in [3.63, 3.8) is 0 Å². The zero-order chi connectivity index (χ0) is 22.3. The summed E-state index contributed by atoms with van der Waals surface area (Å²) in [6.45, 7) is 3.94. The Kier molecular flexibility index (Phi) is 7.17. The van der Waals surface area contributed by atoms with Crippen LogP contribution in [0.3, 0.4) is 0 Å². The predicted octanol–water partition coefficient (Wildman–Crippen LogP) is 4.70. The molecule has 5 nitrogen and oxygen atoms in total. The monoisotopic (exact) mass is 449 g/mol. The number of rotatable bonds is 7. The van der Waals surface area contributed by atoms with Crippen LogP contribution in [0.1, 0.15) is 5.56 Å². The van der Waals surface area contributed by atoms with Crippen molar-refractivity contribution < 1.29 is 9.53 Å². The Morgan fingerprint density at radius 1 is 0.906 bits per heavy atom. The summed E-state index contributed by atoms with van der Waals surface area (Å²) in [4.78, 5) is 19.6. The first-order valence-corrected chi connectivity index (χ1v) is 11.2. The third kappa shape index (κ3) is 5.35.